The lowest BCUT2D eigenvalue weighted by molar-refractivity contribution is -0.114. The standard InChI is InChI=1S/C13H16N4O/c1-9(18)16-11-4-2-10(3-5-11)13-15-8-12(17-13)6-7-14/h2-5,8H,6-7,14H2,1H3,(H,15,17)(H,16,18). The topological polar surface area (TPSA) is 83.8 Å². The number of aromatic amines is 1. The molecule has 0 saturated carbocycles. The van der Waals surface area contributed by atoms with Crippen LogP contribution >= 0.6 is 0 Å². The van der Waals surface area contributed by atoms with Gasteiger partial charge in [-0.3, -0.25) is 4.79 Å². The maximum atomic E-state index is 10.9. The van der Waals surface area contributed by atoms with E-state index in [1.807, 2.05) is 24.3 Å². The van der Waals surface area contributed by atoms with E-state index in [1.165, 1.54) is 6.92 Å². The normalized spacial score (nSPS) is 10.3. The fraction of sp³-hybridized carbons (Fsp3) is 0.231. The van der Waals surface area contributed by atoms with Crippen molar-refractivity contribution in [2.75, 3.05) is 11.9 Å². The second kappa shape index (κ2) is 5.46. The van der Waals surface area contributed by atoms with Gasteiger partial charge in [0.25, 0.3) is 0 Å². The van der Waals surface area contributed by atoms with E-state index >= 15 is 0 Å². The molecule has 0 saturated heterocycles. The lowest BCUT2D eigenvalue weighted by Gasteiger charge is -2.02. The number of nitrogens with zero attached hydrogens (tertiary/aromatic N) is 1. The summed E-state index contributed by atoms with van der Waals surface area (Å²) in [6, 6.07) is 7.52. The lowest BCUT2D eigenvalue weighted by atomic mass is 10.2. The number of carbonyl (C=O) groups excluding carboxylic acids is 1. The third-order valence-electron chi connectivity index (χ3n) is 2.52. The zero-order valence-corrected chi connectivity index (χ0v) is 10.2. The number of carbonyl (C=O) groups is 1. The summed E-state index contributed by atoms with van der Waals surface area (Å²) in [5, 5.41) is 2.72. The van der Waals surface area contributed by atoms with Gasteiger partial charge in [0.1, 0.15) is 5.82 Å². The van der Waals surface area contributed by atoms with Gasteiger partial charge in [-0.15, -0.1) is 0 Å². The molecule has 1 aromatic carbocycles. The first-order chi connectivity index (χ1) is 8.69. The van der Waals surface area contributed by atoms with Crippen LogP contribution in [0, 0.1) is 0 Å². The zero-order chi connectivity index (χ0) is 13.0. The van der Waals surface area contributed by atoms with E-state index in [9.17, 15) is 4.79 Å². The van der Waals surface area contributed by atoms with Crippen LogP contribution in [0.4, 0.5) is 5.69 Å². The van der Waals surface area contributed by atoms with E-state index in [0.29, 0.717) is 6.54 Å². The Morgan fingerprint density at radius 3 is 2.72 bits per heavy atom. The molecule has 0 aliphatic rings. The first-order valence-corrected chi connectivity index (χ1v) is 5.81. The number of imidazole rings is 1. The Balaban J connectivity index is 2.15. The Morgan fingerprint density at radius 1 is 1.39 bits per heavy atom. The fourth-order valence-electron chi connectivity index (χ4n) is 1.70. The number of nitrogens with one attached hydrogen (secondary N) is 2. The van der Waals surface area contributed by atoms with Crippen molar-refractivity contribution in [3.05, 3.63) is 36.2 Å². The number of nitrogens with two attached hydrogens (primary N) is 1. The van der Waals surface area contributed by atoms with Gasteiger partial charge in [0.05, 0.1) is 0 Å². The van der Waals surface area contributed by atoms with Crippen LogP contribution in [0.1, 0.15) is 12.6 Å². The number of anilines is 1. The molecule has 1 amide bonds. The molecule has 0 radical (unpaired) electrons. The fourth-order valence-corrected chi connectivity index (χ4v) is 1.70. The second-order valence-corrected chi connectivity index (χ2v) is 4.05. The van der Waals surface area contributed by atoms with Gasteiger partial charge in [0.2, 0.25) is 5.91 Å². The van der Waals surface area contributed by atoms with Crippen molar-refractivity contribution in [1.82, 2.24) is 9.97 Å². The molecule has 5 heteroatoms. The number of H-pyrrole nitrogens is 1. The van der Waals surface area contributed by atoms with Gasteiger partial charge in [-0.1, -0.05) is 0 Å². The van der Waals surface area contributed by atoms with Gasteiger partial charge >= 0.3 is 0 Å². The summed E-state index contributed by atoms with van der Waals surface area (Å²) in [7, 11) is 0. The first-order valence-electron chi connectivity index (χ1n) is 5.81. The van der Waals surface area contributed by atoms with Gasteiger partial charge in [0.15, 0.2) is 0 Å². The van der Waals surface area contributed by atoms with Crippen molar-refractivity contribution in [3.8, 4) is 11.4 Å². The third kappa shape index (κ3) is 2.95. The highest BCUT2D eigenvalue weighted by Gasteiger charge is 2.03. The highest BCUT2D eigenvalue weighted by atomic mass is 16.1. The Kier molecular flexibility index (Phi) is 3.74. The minimum atomic E-state index is -0.0778. The summed E-state index contributed by atoms with van der Waals surface area (Å²) in [5.41, 5.74) is 8.27. The molecule has 0 unspecified atom stereocenters. The average molecular weight is 244 g/mol. The van der Waals surface area contributed by atoms with Crippen LogP contribution in [0.2, 0.25) is 0 Å². The molecule has 18 heavy (non-hydrogen) atoms. The van der Waals surface area contributed by atoms with Gasteiger partial charge in [-0.05, 0) is 30.8 Å². The summed E-state index contributed by atoms with van der Waals surface area (Å²) < 4.78 is 0. The van der Waals surface area contributed by atoms with E-state index in [0.717, 1.165) is 29.2 Å². The number of amides is 1. The van der Waals surface area contributed by atoms with Crippen LogP contribution in [0.15, 0.2) is 30.5 Å². The third-order valence-corrected chi connectivity index (χ3v) is 2.52. The van der Waals surface area contributed by atoms with Gasteiger partial charge in [-0.25, -0.2) is 4.98 Å². The minimum absolute atomic E-state index is 0.0778. The molecule has 0 aliphatic heterocycles. The van der Waals surface area contributed by atoms with Crippen LogP contribution in [-0.2, 0) is 11.2 Å². The van der Waals surface area contributed by atoms with E-state index in [1.54, 1.807) is 6.20 Å². The second-order valence-electron chi connectivity index (χ2n) is 4.05. The van der Waals surface area contributed by atoms with Crippen LogP contribution in [0.5, 0.6) is 0 Å². The largest absolute Gasteiger partial charge is 0.342 e. The van der Waals surface area contributed by atoms with Crippen LogP contribution in [0.3, 0.4) is 0 Å². The molecule has 0 bridgehead atoms. The molecule has 0 spiro atoms. The lowest BCUT2D eigenvalue weighted by Crippen LogP contribution is -2.05. The number of rotatable bonds is 4. The van der Waals surface area contributed by atoms with Gasteiger partial charge in [0, 0.05) is 36.5 Å². The van der Waals surface area contributed by atoms with Crippen LogP contribution in [-0.4, -0.2) is 22.4 Å². The Bertz CT molecular complexity index is 530. The van der Waals surface area contributed by atoms with Crippen molar-refractivity contribution in [2.45, 2.75) is 13.3 Å². The molecule has 2 aromatic rings. The highest BCUT2D eigenvalue weighted by Crippen LogP contribution is 2.18. The monoisotopic (exact) mass is 244 g/mol. The average Bonchev–Trinajstić information content (AvgIpc) is 2.78. The summed E-state index contributed by atoms with van der Waals surface area (Å²) in [6.07, 6.45) is 2.58. The number of hydrogen-bond acceptors (Lipinski definition) is 3. The van der Waals surface area contributed by atoms with E-state index in [-0.39, 0.29) is 5.91 Å². The molecule has 0 fully saturated rings. The molecule has 0 atom stereocenters. The predicted molar refractivity (Wildman–Crippen MR) is 71.1 cm³/mol. The van der Waals surface area contributed by atoms with Crippen molar-refractivity contribution >= 4 is 11.6 Å². The summed E-state index contributed by atoms with van der Waals surface area (Å²) in [4.78, 5) is 18.4. The van der Waals surface area contributed by atoms with Crippen molar-refractivity contribution < 1.29 is 4.79 Å². The van der Waals surface area contributed by atoms with Gasteiger partial charge in [-0.2, -0.15) is 0 Å². The maximum absolute atomic E-state index is 10.9. The summed E-state index contributed by atoms with van der Waals surface area (Å²) in [6.45, 7) is 2.09. The molecular weight excluding hydrogens is 228 g/mol. The quantitative estimate of drug-likeness (QED) is 0.762. The summed E-state index contributed by atoms with van der Waals surface area (Å²) in [5.74, 6) is 0.735. The molecule has 4 N–H and O–H groups in total. The van der Waals surface area contributed by atoms with E-state index in [2.05, 4.69) is 15.3 Å². The van der Waals surface area contributed by atoms with Crippen molar-refractivity contribution in [2.24, 2.45) is 5.73 Å². The highest BCUT2D eigenvalue weighted by molar-refractivity contribution is 5.88. The van der Waals surface area contributed by atoms with Crippen LogP contribution in [0.25, 0.3) is 11.4 Å². The molecule has 5 nitrogen and oxygen atoms in total. The Hall–Kier alpha value is -2.14. The molecule has 2 rings (SSSR count). The van der Waals surface area contributed by atoms with Crippen LogP contribution < -0.4 is 11.1 Å². The van der Waals surface area contributed by atoms with E-state index in [4.69, 9.17) is 5.73 Å². The SMILES string of the molecule is CC(=O)Nc1ccc(-c2ncc(CCN)[nH]2)cc1. The Morgan fingerprint density at radius 2 is 2.11 bits per heavy atom. The summed E-state index contributed by atoms with van der Waals surface area (Å²) >= 11 is 0. The number of hydrogen-bond donors (Lipinski definition) is 3. The smallest absolute Gasteiger partial charge is 0.221 e. The molecule has 1 aromatic heterocycles. The predicted octanol–water partition coefficient (Wildman–Crippen LogP) is 1.54. The first kappa shape index (κ1) is 12.3. The molecule has 94 valence electrons. The minimum Gasteiger partial charge on any atom is -0.342 e. The number of aromatic nitrogens is 2. The zero-order valence-electron chi connectivity index (χ0n) is 10.2. The van der Waals surface area contributed by atoms with Gasteiger partial charge < -0.3 is 16.0 Å². The maximum Gasteiger partial charge on any atom is 0.221 e. The van der Waals surface area contributed by atoms with Crippen molar-refractivity contribution in [3.63, 3.8) is 0 Å². The van der Waals surface area contributed by atoms with Crippen molar-refractivity contribution in [1.29, 1.82) is 0 Å². The number of benzene rings is 1. The molecular formula is C13H16N4O. The Labute approximate surface area is 105 Å². The molecule has 1 heterocycles. The van der Waals surface area contributed by atoms with E-state index < -0.39 is 0 Å². The molecule has 0 aliphatic carbocycles.